The van der Waals surface area contributed by atoms with E-state index in [4.69, 9.17) is 9.47 Å². The van der Waals surface area contributed by atoms with Gasteiger partial charge in [0.15, 0.2) is 12.4 Å². The Morgan fingerprint density at radius 3 is 2.41 bits per heavy atom. The Kier molecular flexibility index (Phi) is 9.67. The summed E-state index contributed by atoms with van der Waals surface area (Å²) in [5, 5.41) is 2.54. The predicted molar refractivity (Wildman–Crippen MR) is 124 cm³/mol. The normalized spacial score (nSPS) is 16.3. The number of amides is 1. The third-order valence-electron chi connectivity index (χ3n) is 6.22. The lowest BCUT2D eigenvalue weighted by Gasteiger charge is -2.37. The third kappa shape index (κ3) is 6.53. The summed E-state index contributed by atoms with van der Waals surface area (Å²) in [5.41, 5.74) is 0.00314. The van der Waals surface area contributed by atoms with Gasteiger partial charge in [-0.05, 0) is 38.0 Å². The minimum Gasteiger partial charge on any atom is -0.464 e. The van der Waals surface area contributed by atoms with E-state index in [9.17, 15) is 14.4 Å². The SMILES string of the molecule is CCCC(=O)OCN(C(=O)C1(CCC)CC1)[C@H](C[C@@H](C)c1nc(C(=O)OC)cs1)C(C)C. The first-order chi connectivity index (χ1) is 15.2. The maximum absolute atomic E-state index is 13.6. The fraction of sp³-hybridized carbons (Fsp3) is 0.750. The lowest BCUT2D eigenvalue weighted by Crippen LogP contribution is -2.48. The molecule has 0 bridgehead atoms. The molecule has 1 fully saturated rings. The number of carbonyl (C=O) groups is 3. The van der Waals surface area contributed by atoms with E-state index in [1.807, 2.05) is 6.92 Å². The Labute approximate surface area is 195 Å². The van der Waals surface area contributed by atoms with Crippen LogP contribution in [-0.4, -0.2) is 47.6 Å². The molecule has 1 amide bonds. The Bertz CT molecular complexity index is 787. The molecule has 0 radical (unpaired) electrons. The van der Waals surface area contributed by atoms with Gasteiger partial charge in [0, 0.05) is 29.2 Å². The zero-order valence-electron chi connectivity index (χ0n) is 20.3. The summed E-state index contributed by atoms with van der Waals surface area (Å²) in [6, 6.07) is -0.105. The van der Waals surface area contributed by atoms with Crippen molar-refractivity contribution in [3.05, 3.63) is 16.1 Å². The zero-order valence-corrected chi connectivity index (χ0v) is 21.1. The quantitative estimate of drug-likeness (QED) is 0.295. The molecule has 2 atom stereocenters. The summed E-state index contributed by atoms with van der Waals surface area (Å²) >= 11 is 1.43. The smallest absolute Gasteiger partial charge is 0.357 e. The number of esters is 2. The van der Waals surface area contributed by atoms with Gasteiger partial charge >= 0.3 is 11.9 Å². The number of rotatable bonds is 13. The third-order valence-corrected chi connectivity index (χ3v) is 7.29. The molecule has 0 aliphatic heterocycles. The molecule has 0 N–H and O–H groups in total. The molecule has 32 heavy (non-hydrogen) atoms. The van der Waals surface area contributed by atoms with Crippen molar-refractivity contribution >= 4 is 29.2 Å². The number of hydrogen-bond acceptors (Lipinski definition) is 7. The molecule has 2 rings (SSSR count). The van der Waals surface area contributed by atoms with E-state index in [2.05, 4.69) is 32.7 Å². The van der Waals surface area contributed by atoms with Crippen molar-refractivity contribution in [1.29, 1.82) is 0 Å². The van der Waals surface area contributed by atoms with E-state index in [0.717, 1.165) is 30.7 Å². The van der Waals surface area contributed by atoms with Gasteiger partial charge in [-0.25, -0.2) is 9.78 Å². The van der Waals surface area contributed by atoms with E-state index in [0.29, 0.717) is 25.0 Å². The molecule has 180 valence electrons. The number of carbonyl (C=O) groups excluding carboxylic acids is 3. The summed E-state index contributed by atoms with van der Waals surface area (Å²) in [4.78, 5) is 43.7. The molecular weight excluding hydrogens is 428 g/mol. The largest absolute Gasteiger partial charge is 0.464 e. The summed E-state index contributed by atoms with van der Waals surface area (Å²) < 4.78 is 10.3. The Hall–Kier alpha value is -1.96. The van der Waals surface area contributed by atoms with Gasteiger partial charge < -0.3 is 14.4 Å². The summed E-state index contributed by atoms with van der Waals surface area (Å²) in [6.07, 6.45) is 5.34. The van der Waals surface area contributed by atoms with E-state index in [1.165, 1.54) is 18.4 Å². The maximum atomic E-state index is 13.6. The molecule has 1 aliphatic carbocycles. The van der Waals surface area contributed by atoms with Crippen LogP contribution in [-0.2, 0) is 19.1 Å². The van der Waals surface area contributed by atoms with Crippen molar-refractivity contribution in [3.63, 3.8) is 0 Å². The highest BCUT2D eigenvalue weighted by Crippen LogP contribution is 2.51. The van der Waals surface area contributed by atoms with Crippen LogP contribution >= 0.6 is 11.3 Å². The molecule has 0 saturated heterocycles. The van der Waals surface area contributed by atoms with Gasteiger partial charge in [0.2, 0.25) is 5.91 Å². The number of aromatic nitrogens is 1. The molecule has 8 heteroatoms. The van der Waals surface area contributed by atoms with E-state index < -0.39 is 5.97 Å². The van der Waals surface area contributed by atoms with Crippen molar-refractivity contribution in [2.45, 2.75) is 91.5 Å². The molecule has 1 aliphatic rings. The molecule has 1 aromatic heterocycles. The lowest BCUT2D eigenvalue weighted by atomic mass is 9.90. The Morgan fingerprint density at radius 1 is 1.19 bits per heavy atom. The molecule has 0 spiro atoms. The topological polar surface area (TPSA) is 85.8 Å². The van der Waals surface area contributed by atoms with E-state index in [-0.39, 0.29) is 41.9 Å². The number of thiazole rings is 1. The van der Waals surface area contributed by atoms with Crippen LogP contribution in [0.3, 0.4) is 0 Å². The van der Waals surface area contributed by atoms with Gasteiger partial charge in [-0.2, -0.15) is 0 Å². The monoisotopic (exact) mass is 466 g/mol. The first-order valence-electron chi connectivity index (χ1n) is 11.7. The Morgan fingerprint density at radius 2 is 1.88 bits per heavy atom. The van der Waals surface area contributed by atoms with Crippen LogP contribution in [0.5, 0.6) is 0 Å². The van der Waals surface area contributed by atoms with Gasteiger partial charge in [-0.15, -0.1) is 11.3 Å². The average molecular weight is 467 g/mol. The van der Waals surface area contributed by atoms with E-state index in [1.54, 1.807) is 10.3 Å². The van der Waals surface area contributed by atoms with E-state index >= 15 is 0 Å². The summed E-state index contributed by atoms with van der Waals surface area (Å²) in [7, 11) is 1.34. The summed E-state index contributed by atoms with van der Waals surface area (Å²) in [5.74, 6) is -0.416. The summed E-state index contributed by atoms with van der Waals surface area (Å²) in [6.45, 7) is 10.3. The van der Waals surface area contributed by atoms with Crippen molar-refractivity contribution in [2.75, 3.05) is 13.8 Å². The zero-order chi connectivity index (χ0) is 23.9. The van der Waals surface area contributed by atoms with Crippen molar-refractivity contribution < 1.29 is 23.9 Å². The molecule has 0 unspecified atom stereocenters. The lowest BCUT2D eigenvalue weighted by molar-refractivity contribution is -0.159. The van der Waals surface area contributed by atoms with Crippen LogP contribution < -0.4 is 0 Å². The second-order valence-corrected chi connectivity index (χ2v) is 10.1. The molecule has 1 heterocycles. The first-order valence-corrected chi connectivity index (χ1v) is 12.6. The number of methoxy groups -OCH3 is 1. The fourth-order valence-electron chi connectivity index (χ4n) is 4.16. The highest BCUT2D eigenvalue weighted by atomic mass is 32.1. The van der Waals surface area contributed by atoms with Crippen molar-refractivity contribution in [2.24, 2.45) is 11.3 Å². The number of ether oxygens (including phenoxy) is 2. The Balaban J connectivity index is 2.23. The minimum absolute atomic E-state index is 0.00994. The van der Waals surface area contributed by atoms with Crippen molar-refractivity contribution in [3.8, 4) is 0 Å². The van der Waals surface area contributed by atoms with Crippen LogP contribution in [0.25, 0.3) is 0 Å². The van der Waals surface area contributed by atoms with Crippen molar-refractivity contribution in [1.82, 2.24) is 9.88 Å². The van der Waals surface area contributed by atoms with Crippen LogP contribution in [0.15, 0.2) is 5.38 Å². The average Bonchev–Trinajstić information content (AvgIpc) is 3.37. The van der Waals surface area contributed by atoms with Gasteiger partial charge in [0.05, 0.1) is 12.1 Å². The molecular formula is C24H38N2O5S. The molecule has 7 nitrogen and oxygen atoms in total. The predicted octanol–water partition coefficient (Wildman–Crippen LogP) is 5.16. The molecule has 1 aromatic rings. The minimum atomic E-state index is -0.449. The highest BCUT2D eigenvalue weighted by molar-refractivity contribution is 7.09. The van der Waals surface area contributed by atoms with Crippen LogP contribution in [0, 0.1) is 11.3 Å². The van der Waals surface area contributed by atoms with Crippen LogP contribution in [0.1, 0.15) is 101 Å². The second kappa shape index (κ2) is 11.8. The molecule has 0 aromatic carbocycles. The van der Waals surface area contributed by atoms with Crippen LogP contribution in [0.2, 0.25) is 0 Å². The number of hydrogen-bond donors (Lipinski definition) is 0. The van der Waals surface area contributed by atoms with Gasteiger partial charge in [0.1, 0.15) is 0 Å². The van der Waals surface area contributed by atoms with Gasteiger partial charge in [-0.1, -0.05) is 41.0 Å². The second-order valence-electron chi connectivity index (χ2n) is 9.21. The van der Waals surface area contributed by atoms with Crippen LogP contribution in [0.4, 0.5) is 0 Å². The standard InChI is InChI=1S/C24H38N2O5S/c1-7-9-20(27)31-15-26(23(29)24(10-8-2)11-12-24)19(16(3)4)13-17(5)21-25-18(14-32-21)22(28)30-6/h14,16-17,19H,7-13,15H2,1-6H3/t17-,19-/m1/s1. The van der Waals surface area contributed by atoms with Gasteiger partial charge in [-0.3, -0.25) is 9.59 Å². The first kappa shape index (κ1) is 26.3. The molecule has 1 saturated carbocycles. The fourth-order valence-corrected chi connectivity index (χ4v) is 5.02. The number of nitrogens with zero attached hydrogens (tertiary/aromatic N) is 2. The van der Waals surface area contributed by atoms with Gasteiger partial charge in [0.25, 0.3) is 0 Å². The maximum Gasteiger partial charge on any atom is 0.357 e. The highest BCUT2D eigenvalue weighted by Gasteiger charge is 2.52.